The van der Waals surface area contributed by atoms with Gasteiger partial charge in [-0.25, -0.2) is 0 Å². The van der Waals surface area contributed by atoms with E-state index in [4.69, 9.17) is 0 Å². The quantitative estimate of drug-likeness (QED) is 0.214. The topological polar surface area (TPSA) is 0 Å². The number of halogens is 3. The van der Waals surface area contributed by atoms with E-state index < -0.39 is 0 Å². The summed E-state index contributed by atoms with van der Waals surface area (Å²) in [5, 5.41) is 0. The van der Waals surface area contributed by atoms with Gasteiger partial charge in [-0.2, -0.15) is 0 Å². The van der Waals surface area contributed by atoms with Crippen LogP contribution in [0.2, 0.25) is 0 Å². The van der Waals surface area contributed by atoms with E-state index >= 15 is 0 Å². The summed E-state index contributed by atoms with van der Waals surface area (Å²) in [7, 11) is 0. The van der Waals surface area contributed by atoms with Crippen LogP contribution in [0.25, 0.3) is 0 Å². The maximum absolute atomic E-state index is 0. The predicted octanol–water partition coefficient (Wildman–Crippen LogP) is -10.9. The molecule has 0 spiro atoms. The minimum absolute atomic E-state index is 0. The van der Waals surface area contributed by atoms with Gasteiger partial charge in [0, 0.05) is 0 Å². The van der Waals surface area contributed by atoms with Crippen LogP contribution >= 0.6 is 0 Å². The Hall–Kier alpha value is 8.11. The van der Waals surface area contributed by atoms with Crippen molar-refractivity contribution in [2.75, 3.05) is 0 Å². The predicted molar refractivity (Wildman–Crippen MR) is 58.2 cm³/mol. The molecule has 0 radical (unpaired) electrons. The fourth-order valence-electron chi connectivity index (χ4n) is 0. The first kappa shape index (κ1) is 112. The molecule has 0 unspecified atom stereocenters. The summed E-state index contributed by atoms with van der Waals surface area (Å²) in [4.78, 5) is 0. The van der Waals surface area contributed by atoms with Crippen LogP contribution in [0.3, 0.4) is 0 Å². The zero-order valence-electron chi connectivity index (χ0n) is 6.17. The first-order chi connectivity index (χ1) is 0. The molecule has 12 heavy (non-hydrogen) atoms. The fourth-order valence-corrected chi connectivity index (χ4v) is 0. The molecule has 0 aliphatic carbocycles. The summed E-state index contributed by atoms with van der Waals surface area (Å²) in [5.74, 6) is 0. The van der Waals surface area contributed by atoms with E-state index in [0.717, 1.165) is 0 Å². The molecular weight excluding hydrogens is 804 g/mol. The number of hydrogen-bond acceptors (Lipinski definition) is 0. The molecule has 0 fully saturated rings. The van der Waals surface area contributed by atoms with Crippen LogP contribution < -0.4 is 14.1 Å². The van der Waals surface area contributed by atoms with Crippen molar-refractivity contribution in [3.8, 4) is 0 Å². The van der Waals surface area contributed by atoms with Crippen LogP contribution in [-0.4, -0.2) is 215 Å². The molecule has 12 heteroatoms. The van der Waals surface area contributed by atoms with Crippen LogP contribution in [0.1, 0.15) is 0 Å². The second kappa shape index (κ2) is 95.3. The van der Waals surface area contributed by atoms with Crippen molar-refractivity contribution in [1.82, 2.24) is 0 Å². The zero-order chi connectivity index (χ0) is 0. The van der Waals surface area contributed by atoms with E-state index in [2.05, 4.69) is 0 Å². The molecule has 0 N–H and O–H groups in total. The Morgan fingerprint density at radius 2 is 0.333 bits per heavy atom. The molecule has 0 aromatic heterocycles. The van der Waals surface area contributed by atoms with Crippen LogP contribution in [0.5, 0.6) is 0 Å². The van der Waals surface area contributed by atoms with Crippen molar-refractivity contribution >= 4 is 269 Å². The standard InChI is InChI=1S/4Ba.3FH.Ga.4S/h;;;;3*1H;;;;;/q4*+2;;;;+3;4*-2/p-3. The summed E-state index contributed by atoms with van der Waals surface area (Å²) in [6.45, 7) is 0. The summed E-state index contributed by atoms with van der Waals surface area (Å²) in [5.41, 5.74) is 0. The minimum Gasteiger partial charge on any atom is -2.00 e. The zero-order valence-corrected chi connectivity index (χ0v) is 29.6. The molecule has 0 aliphatic heterocycles. The van der Waals surface area contributed by atoms with Crippen LogP contribution in [-0.2, 0) is 54.0 Å². The van der Waals surface area contributed by atoms with Gasteiger partial charge in [-0.15, -0.1) is 0 Å². The average Bonchev–Trinajstić information content (AvgIpc) is 0. The Balaban J connectivity index is 0. The molecule has 0 heterocycles. The van der Waals surface area contributed by atoms with Gasteiger partial charge in [-0.1, -0.05) is 0 Å². The average molecular weight is 804 g/mol. The molecule has 0 atom stereocenters. The van der Waals surface area contributed by atoms with Crippen molar-refractivity contribution < 1.29 is 14.1 Å². The molecule has 0 saturated heterocycles. The molecule has 0 nitrogen and oxygen atoms in total. The Kier molecular flexibility index (Phi) is 886. The van der Waals surface area contributed by atoms with E-state index in [1.54, 1.807) is 0 Å². The van der Waals surface area contributed by atoms with Gasteiger partial charge in [-0.3, -0.25) is 0 Å². The van der Waals surface area contributed by atoms with Gasteiger partial charge < -0.3 is 68.1 Å². The van der Waals surface area contributed by atoms with E-state index in [1.807, 2.05) is 0 Å². The van der Waals surface area contributed by atoms with Crippen LogP contribution in [0.15, 0.2) is 0 Å². The third-order valence-corrected chi connectivity index (χ3v) is 0. The van der Waals surface area contributed by atoms with Crippen molar-refractivity contribution in [1.29, 1.82) is 0 Å². The third-order valence-electron chi connectivity index (χ3n) is 0. The summed E-state index contributed by atoms with van der Waals surface area (Å²) >= 11 is 0. The Labute approximate surface area is 274 Å². The SMILES string of the molecule is [Ba+2].[Ba+2].[Ba+2].[Ba+2].[F-].[F-].[F-].[Ga+3].[S-2].[S-2].[S-2].[S-2]. The molecule has 56 valence electrons. The fraction of sp³-hybridized carbons (Fsp3) is 0. The second-order valence-electron chi connectivity index (χ2n) is 0. The van der Waals surface area contributed by atoms with Crippen LogP contribution in [0.4, 0.5) is 0 Å². The van der Waals surface area contributed by atoms with Gasteiger partial charge in [0.2, 0.25) is 0 Å². The van der Waals surface area contributed by atoms with Gasteiger partial charge >= 0.3 is 215 Å². The van der Waals surface area contributed by atoms with Crippen molar-refractivity contribution in [2.24, 2.45) is 0 Å². The van der Waals surface area contributed by atoms with E-state index in [0.29, 0.717) is 0 Å². The van der Waals surface area contributed by atoms with E-state index in [9.17, 15) is 0 Å². The third kappa shape index (κ3) is 80.6. The minimum atomic E-state index is 0. The summed E-state index contributed by atoms with van der Waals surface area (Å²) in [6, 6.07) is 0. The monoisotopic (exact) mass is 805 g/mol. The van der Waals surface area contributed by atoms with Gasteiger partial charge in [-0.05, 0) is 0 Å². The first-order valence-electron chi connectivity index (χ1n) is 0. The number of hydrogen-bond donors (Lipinski definition) is 0. The van der Waals surface area contributed by atoms with E-state index in [-0.39, 0.29) is 283 Å². The smallest absolute Gasteiger partial charge is 2.00 e. The first-order valence-corrected chi connectivity index (χ1v) is 0. The molecule has 0 rings (SSSR count). The normalized spacial score (nSPS) is 0. The van der Waals surface area contributed by atoms with Gasteiger partial charge in [0.05, 0.1) is 0 Å². The Morgan fingerprint density at radius 3 is 0.333 bits per heavy atom. The molecule has 0 amide bonds. The van der Waals surface area contributed by atoms with Crippen molar-refractivity contribution in [2.45, 2.75) is 0 Å². The van der Waals surface area contributed by atoms with Crippen molar-refractivity contribution in [3.63, 3.8) is 0 Å². The Bertz CT molecular complexity index is 22.3. The van der Waals surface area contributed by atoms with Crippen molar-refractivity contribution in [3.05, 3.63) is 0 Å². The molecule has 0 aliphatic rings. The van der Waals surface area contributed by atoms with Gasteiger partial charge in [0.15, 0.2) is 0 Å². The van der Waals surface area contributed by atoms with E-state index in [1.165, 1.54) is 0 Å². The second-order valence-corrected chi connectivity index (χ2v) is 0. The summed E-state index contributed by atoms with van der Waals surface area (Å²) < 4.78 is 0. The molecule has 0 aromatic carbocycles. The maximum atomic E-state index is 0. The molecule has 0 bridgehead atoms. The number of rotatable bonds is 0. The van der Waals surface area contributed by atoms with Gasteiger partial charge in [0.1, 0.15) is 0 Å². The molecule has 0 aromatic rings. The summed E-state index contributed by atoms with van der Waals surface area (Å²) in [6.07, 6.45) is 0. The maximum Gasteiger partial charge on any atom is 3.00 e. The molecule has 0 saturated carbocycles. The Morgan fingerprint density at radius 1 is 0.333 bits per heavy atom. The molecular formula is Ba4F3GaS4. The van der Waals surface area contributed by atoms with Gasteiger partial charge in [0.25, 0.3) is 0 Å². The largest absolute Gasteiger partial charge is 3.00 e. The van der Waals surface area contributed by atoms with Crippen LogP contribution in [0, 0.1) is 0 Å².